The van der Waals surface area contributed by atoms with Crippen LogP contribution in [0.4, 0.5) is 11.5 Å². The van der Waals surface area contributed by atoms with Crippen molar-refractivity contribution in [2.24, 2.45) is 0 Å². The minimum absolute atomic E-state index is 0.273. The third-order valence-corrected chi connectivity index (χ3v) is 5.24. The van der Waals surface area contributed by atoms with E-state index in [1.807, 2.05) is 48.5 Å². The lowest BCUT2D eigenvalue weighted by molar-refractivity contribution is 0.602. The summed E-state index contributed by atoms with van der Waals surface area (Å²) in [7, 11) is -3.24. The SMILES string of the molecule is CS(=O)(=O)c1cccc(Nc2cccc(-c3ccccc3Br)n2)c1. The van der Waals surface area contributed by atoms with Crippen LogP contribution in [0.15, 0.2) is 76.1 Å². The predicted molar refractivity (Wildman–Crippen MR) is 100 cm³/mol. The summed E-state index contributed by atoms with van der Waals surface area (Å²) in [4.78, 5) is 4.87. The first-order chi connectivity index (χ1) is 11.4. The second kappa shape index (κ2) is 6.75. The van der Waals surface area contributed by atoms with E-state index >= 15 is 0 Å². The summed E-state index contributed by atoms with van der Waals surface area (Å²) in [5, 5.41) is 3.16. The number of hydrogen-bond donors (Lipinski definition) is 1. The average molecular weight is 403 g/mol. The molecule has 24 heavy (non-hydrogen) atoms. The summed E-state index contributed by atoms with van der Waals surface area (Å²) >= 11 is 3.53. The van der Waals surface area contributed by atoms with Gasteiger partial charge < -0.3 is 5.32 Å². The Hall–Kier alpha value is -2.18. The number of hydrogen-bond acceptors (Lipinski definition) is 4. The number of benzene rings is 2. The number of nitrogens with one attached hydrogen (secondary N) is 1. The van der Waals surface area contributed by atoms with Crippen LogP contribution in [0.25, 0.3) is 11.3 Å². The summed E-state index contributed by atoms with van der Waals surface area (Å²) in [6, 6.07) is 20.2. The Kier molecular flexibility index (Phi) is 4.69. The van der Waals surface area contributed by atoms with Gasteiger partial charge >= 0.3 is 0 Å². The Morgan fingerprint density at radius 2 is 1.71 bits per heavy atom. The van der Waals surface area contributed by atoms with E-state index in [1.54, 1.807) is 18.2 Å². The van der Waals surface area contributed by atoms with Crippen molar-refractivity contribution in [3.05, 3.63) is 71.2 Å². The molecule has 6 heteroatoms. The van der Waals surface area contributed by atoms with Crippen LogP contribution in [-0.2, 0) is 9.84 Å². The van der Waals surface area contributed by atoms with E-state index in [0.717, 1.165) is 15.7 Å². The molecule has 1 N–H and O–H groups in total. The van der Waals surface area contributed by atoms with E-state index in [4.69, 9.17) is 0 Å². The van der Waals surface area contributed by atoms with Crippen LogP contribution in [0.2, 0.25) is 0 Å². The summed E-state index contributed by atoms with van der Waals surface area (Å²) in [5.41, 5.74) is 2.49. The molecule has 1 heterocycles. The summed E-state index contributed by atoms with van der Waals surface area (Å²) in [5.74, 6) is 0.647. The molecular formula is C18H15BrN2O2S. The van der Waals surface area contributed by atoms with Gasteiger partial charge in [-0.15, -0.1) is 0 Å². The van der Waals surface area contributed by atoms with Crippen LogP contribution in [0.1, 0.15) is 0 Å². The van der Waals surface area contributed by atoms with Gasteiger partial charge in [0.15, 0.2) is 9.84 Å². The summed E-state index contributed by atoms with van der Waals surface area (Å²) in [6.45, 7) is 0. The largest absolute Gasteiger partial charge is 0.340 e. The molecule has 0 radical (unpaired) electrons. The maximum atomic E-state index is 11.7. The van der Waals surface area contributed by atoms with Crippen molar-refractivity contribution in [1.29, 1.82) is 0 Å². The lowest BCUT2D eigenvalue weighted by Crippen LogP contribution is -1.99. The molecule has 0 amide bonds. The van der Waals surface area contributed by atoms with Crippen molar-refractivity contribution in [3.8, 4) is 11.3 Å². The first-order valence-electron chi connectivity index (χ1n) is 7.22. The van der Waals surface area contributed by atoms with Gasteiger partial charge in [0.2, 0.25) is 0 Å². The number of halogens is 1. The Bertz CT molecular complexity index is 988. The van der Waals surface area contributed by atoms with E-state index in [2.05, 4.69) is 26.2 Å². The van der Waals surface area contributed by atoms with Crippen LogP contribution in [0.3, 0.4) is 0 Å². The van der Waals surface area contributed by atoms with E-state index in [9.17, 15) is 8.42 Å². The molecule has 0 bridgehead atoms. The molecule has 3 rings (SSSR count). The average Bonchev–Trinajstić information content (AvgIpc) is 2.55. The number of nitrogens with zero attached hydrogens (tertiary/aromatic N) is 1. The molecule has 0 spiro atoms. The zero-order chi connectivity index (χ0) is 17.2. The zero-order valence-corrected chi connectivity index (χ0v) is 15.3. The number of sulfone groups is 1. The van der Waals surface area contributed by atoms with Crippen molar-refractivity contribution >= 4 is 37.3 Å². The van der Waals surface area contributed by atoms with Crippen LogP contribution in [0.5, 0.6) is 0 Å². The normalized spacial score (nSPS) is 11.2. The van der Waals surface area contributed by atoms with Crippen molar-refractivity contribution in [3.63, 3.8) is 0 Å². The first-order valence-corrected chi connectivity index (χ1v) is 9.91. The van der Waals surface area contributed by atoms with Gasteiger partial charge in [0, 0.05) is 22.0 Å². The molecular weight excluding hydrogens is 388 g/mol. The summed E-state index contributed by atoms with van der Waals surface area (Å²) < 4.78 is 24.3. The fraction of sp³-hybridized carbons (Fsp3) is 0.0556. The van der Waals surface area contributed by atoms with Gasteiger partial charge in [-0.05, 0) is 36.4 Å². The van der Waals surface area contributed by atoms with Gasteiger partial charge in [0.25, 0.3) is 0 Å². The van der Waals surface area contributed by atoms with Gasteiger partial charge in [-0.25, -0.2) is 13.4 Å². The molecule has 0 fully saturated rings. The molecule has 0 unspecified atom stereocenters. The summed E-state index contributed by atoms with van der Waals surface area (Å²) in [6.07, 6.45) is 1.19. The molecule has 0 aliphatic rings. The molecule has 1 aromatic heterocycles. The highest BCUT2D eigenvalue weighted by atomic mass is 79.9. The highest BCUT2D eigenvalue weighted by Gasteiger charge is 2.08. The number of anilines is 2. The van der Waals surface area contributed by atoms with Crippen LogP contribution < -0.4 is 5.32 Å². The number of pyridine rings is 1. The minimum atomic E-state index is -3.24. The highest BCUT2D eigenvalue weighted by molar-refractivity contribution is 9.10. The molecule has 0 aliphatic heterocycles. The first kappa shape index (κ1) is 16.7. The van der Waals surface area contributed by atoms with Crippen molar-refractivity contribution in [2.75, 3.05) is 11.6 Å². The maximum Gasteiger partial charge on any atom is 0.175 e. The Balaban J connectivity index is 1.92. The Morgan fingerprint density at radius 3 is 2.46 bits per heavy atom. The molecule has 122 valence electrons. The predicted octanol–water partition coefficient (Wildman–Crippen LogP) is 4.66. The van der Waals surface area contributed by atoms with Crippen LogP contribution in [0, 0.1) is 0 Å². The highest BCUT2D eigenvalue weighted by Crippen LogP contribution is 2.28. The molecule has 0 saturated heterocycles. The van der Waals surface area contributed by atoms with Crippen molar-refractivity contribution in [2.45, 2.75) is 4.90 Å². The van der Waals surface area contributed by atoms with Crippen molar-refractivity contribution < 1.29 is 8.42 Å². The van der Waals surface area contributed by atoms with E-state index in [1.165, 1.54) is 6.26 Å². The second-order valence-corrected chi connectivity index (χ2v) is 8.18. The topological polar surface area (TPSA) is 59.1 Å². The van der Waals surface area contributed by atoms with Gasteiger partial charge in [-0.3, -0.25) is 0 Å². The minimum Gasteiger partial charge on any atom is -0.340 e. The fourth-order valence-electron chi connectivity index (χ4n) is 2.28. The molecule has 0 aliphatic carbocycles. The van der Waals surface area contributed by atoms with Gasteiger partial charge in [0.05, 0.1) is 10.6 Å². The lowest BCUT2D eigenvalue weighted by atomic mass is 10.1. The van der Waals surface area contributed by atoms with E-state index in [-0.39, 0.29) is 4.90 Å². The van der Waals surface area contributed by atoms with Crippen LogP contribution >= 0.6 is 15.9 Å². The van der Waals surface area contributed by atoms with Crippen molar-refractivity contribution in [1.82, 2.24) is 4.98 Å². The number of aromatic nitrogens is 1. The fourth-order valence-corrected chi connectivity index (χ4v) is 3.43. The maximum absolute atomic E-state index is 11.7. The Labute approximate surface area is 149 Å². The molecule has 2 aromatic carbocycles. The van der Waals surface area contributed by atoms with E-state index < -0.39 is 9.84 Å². The third kappa shape index (κ3) is 3.83. The van der Waals surface area contributed by atoms with Gasteiger partial charge in [0.1, 0.15) is 5.82 Å². The standard InChI is InChI=1S/C18H15BrN2O2S/c1-24(22,23)14-7-4-6-13(12-14)20-18-11-5-10-17(21-18)15-8-2-3-9-16(15)19/h2-12H,1H3,(H,20,21). The second-order valence-electron chi connectivity index (χ2n) is 5.31. The molecule has 0 atom stereocenters. The molecule has 4 nitrogen and oxygen atoms in total. The van der Waals surface area contributed by atoms with E-state index in [0.29, 0.717) is 11.5 Å². The Morgan fingerprint density at radius 1 is 0.958 bits per heavy atom. The molecule has 3 aromatic rings. The molecule has 0 saturated carbocycles. The monoisotopic (exact) mass is 402 g/mol. The quantitative estimate of drug-likeness (QED) is 0.689. The van der Waals surface area contributed by atoms with Gasteiger partial charge in [-0.1, -0.05) is 46.3 Å². The zero-order valence-electron chi connectivity index (χ0n) is 12.9. The van der Waals surface area contributed by atoms with Gasteiger partial charge in [-0.2, -0.15) is 0 Å². The lowest BCUT2D eigenvalue weighted by Gasteiger charge is -2.09. The smallest absolute Gasteiger partial charge is 0.175 e. The third-order valence-electron chi connectivity index (χ3n) is 3.43. The van der Waals surface area contributed by atoms with Crippen LogP contribution in [-0.4, -0.2) is 19.7 Å². The number of rotatable bonds is 4.